The van der Waals surface area contributed by atoms with Crippen LogP contribution in [0, 0.1) is 11.3 Å². The first-order valence-corrected chi connectivity index (χ1v) is 8.88. The molecular weight excluding hydrogens is 330 g/mol. The Labute approximate surface area is 152 Å². The molecule has 0 spiro atoms. The van der Waals surface area contributed by atoms with Crippen LogP contribution in [0.15, 0.2) is 36.7 Å². The Hall–Kier alpha value is -2.69. The zero-order valence-electron chi connectivity index (χ0n) is 14.5. The number of carbonyl (C=O) groups is 1. The summed E-state index contributed by atoms with van der Waals surface area (Å²) in [4.78, 5) is 23.0. The Bertz CT molecular complexity index is 859. The van der Waals surface area contributed by atoms with E-state index in [1.54, 1.807) is 17.3 Å². The number of rotatable bonds is 4. The number of β-amino-alcohol motifs (C(OH)–C–C–N with tert-alkyl or cyclic N) is 1. The van der Waals surface area contributed by atoms with Crippen molar-refractivity contribution in [1.82, 2.24) is 14.8 Å². The lowest BCUT2D eigenvalue weighted by molar-refractivity contribution is 0.189. The molecule has 1 aromatic carbocycles. The molecule has 26 heavy (non-hydrogen) atoms. The number of aliphatic hydroxyl groups excluding tert-OH is 1. The quantitative estimate of drug-likeness (QED) is 0.901. The molecule has 3 heterocycles. The summed E-state index contributed by atoms with van der Waals surface area (Å²) in [5.41, 5.74) is 0.687. The smallest absolute Gasteiger partial charge is 0.326 e. The first kappa shape index (κ1) is 16.8. The summed E-state index contributed by atoms with van der Waals surface area (Å²) in [6.07, 6.45) is 4.30. The van der Waals surface area contributed by atoms with Crippen LogP contribution in [-0.4, -0.2) is 70.8 Å². The molecule has 2 aliphatic heterocycles. The lowest BCUT2D eigenvalue weighted by Gasteiger charge is -2.25. The lowest BCUT2D eigenvalue weighted by Crippen LogP contribution is -2.41. The summed E-state index contributed by atoms with van der Waals surface area (Å²) in [6.45, 7) is 2.75. The van der Waals surface area contributed by atoms with Gasteiger partial charge < -0.3 is 10.0 Å². The molecular formula is C19H21N5O2. The van der Waals surface area contributed by atoms with Crippen LogP contribution in [0.1, 0.15) is 6.42 Å². The van der Waals surface area contributed by atoms with Crippen LogP contribution >= 0.6 is 0 Å². The monoisotopic (exact) mass is 351 g/mol. The zero-order valence-corrected chi connectivity index (χ0v) is 14.5. The van der Waals surface area contributed by atoms with Gasteiger partial charge in [0.15, 0.2) is 0 Å². The number of amides is 2. The second-order valence-electron chi connectivity index (χ2n) is 6.80. The number of urea groups is 1. The van der Waals surface area contributed by atoms with Crippen molar-refractivity contribution in [2.45, 2.75) is 18.5 Å². The molecule has 7 nitrogen and oxygen atoms in total. The van der Waals surface area contributed by atoms with Gasteiger partial charge in [-0.2, -0.15) is 5.26 Å². The van der Waals surface area contributed by atoms with Crippen LogP contribution in [0.4, 0.5) is 10.5 Å². The maximum atomic E-state index is 13.2. The predicted molar refractivity (Wildman–Crippen MR) is 97.7 cm³/mol. The zero-order chi connectivity index (χ0) is 18.1. The highest BCUT2D eigenvalue weighted by Crippen LogP contribution is 2.32. The van der Waals surface area contributed by atoms with E-state index in [0.717, 1.165) is 30.3 Å². The van der Waals surface area contributed by atoms with E-state index in [2.05, 4.69) is 16.0 Å². The third-order valence-electron chi connectivity index (χ3n) is 5.29. The average Bonchev–Trinajstić information content (AvgIpc) is 3.25. The van der Waals surface area contributed by atoms with Gasteiger partial charge in [0.1, 0.15) is 6.04 Å². The fourth-order valence-electron chi connectivity index (χ4n) is 4.00. The molecule has 134 valence electrons. The largest absolute Gasteiger partial charge is 0.395 e. The highest BCUT2D eigenvalue weighted by Gasteiger charge is 2.43. The van der Waals surface area contributed by atoms with Crippen LogP contribution < -0.4 is 4.90 Å². The third kappa shape index (κ3) is 2.77. The fraction of sp³-hybridized carbons (Fsp3) is 0.421. The minimum Gasteiger partial charge on any atom is -0.395 e. The molecule has 2 saturated heterocycles. The number of aromatic nitrogens is 1. The molecule has 0 saturated carbocycles. The highest BCUT2D eigenvalue weighted by atomic mass is 16.3. The summed E-state index contributed by atoms with van der Waals surface area (Å²) in [6, 6.07) is 9.47. The Morgan fingerprint density at radius 1 is 1.27 bits per heavy atom. The van der Waals surface area contributed by atoms with Gasteiger partial charge in [-0.1, -0.05) is 24.3 Å². The minimum atomic E-state index is -0.526. The third-order valence-corrected chi connectivity index (χ3v) is 5.29. The topological polar surface area (TPSA) is 83.7 Å². The molecule has 1 aromatic heterocycles. The van der Waals surface area contributed by atoms with E-state index in [-0.39, 0.29) is 18.7 Å². The molecule has 7 heteroatoms. The summed E-state index contributed by atoms with van der Waals surface area (Å²) >= 11 is 0. The van der Waals surface area contributed by atoms with E-state index in [9.17, 15) is 10.1 Å². The van der Waals surface area contributed by atoms with Crippen molar-refractivity contribution in [3.05, 3.63) is 36.7 Å². The van der Waals surface area contributed by atoms with Crippen LogP contribution in [0.5, 0.6) is 0 Å². The van der Waals surface area contributed by atoms with Gasteiger partial charge in [0.2, 0.25) is 0 Å². The molecule has 0 aliphatic carbocycles. The van der Waals surface area contributed by atoms with E-state index in [1.165, 1.54) is 0 Å². The number of benzene rings is 1. The molecule has 2 fully saturated rings. The van der Waals surface area contributed by atoms with E-state index in [1.807, 2.05) is 29.2 Å². The normalized spacial score (nSPS) is 23.8. The maximum Gasteiger partial charge on any atom is 0.326 e. The van der Waals surface area contributed by atoms with E-state index >= 15 is 0 Å². The Morgan fingerprint density at radius 2 is 2.12 bits per heavy atom. The molecule has 1 N–H and O–H groups in total. The van der Waals surface area contributed by atoms with Crippen LogP contribution in [0.25, 0.3) is 10.8 Å². The van der Waals surface area contributed by atoms with Crippen LogP contribution in [-0.2, 0) is 0 Å². The van der Waals surface area contributed by atoms with Crippen LogP contribution in [0.2, 0.25) is 0 Å². The minimum absolute atomic E-state index is 0.0813. The number of hydrogen-bond acceptors (Lipinski definition) is 5. The predicted octanol–water partition coefficient (Wildman–Crippen LogP) is 1.44. The second kappa shape index (κ2) is 6.90. The Kier molecular flexibility index (Phi) is 4.45. The van der Waals surface area contributed by atoms with Crippen molar-refractivity contribution < 1.29 is 9.90 Å². The van der Waals surface area contributed by atoms with Crippen molar-refractivity contribution in [3.8, 4) is 6.07 Å². The van der Waals surface area contributed by atoms with Gasteiger partial charge in [-0.25, -0.2) is 4.79 Å². The summed E-state index contributed by atoms with van der Waals surface area (Å²) in [7, 11) is 0. The number of fused-ring (bicyclic) bond motifs is 1. The van der Waals surface area contributed by atoms with Crippen molar-refractivity contribution in [2.24, 2.45) is 0 Å². The van der Waals surface area contributed by atoms with Gasteiger partial charge >= 0.3 is 6.03 Å². The lowest BCUT2D eigenvalue weighted by atomic mass is 10.1. The molecule has 2 aromatic rings. The summed E-state index contributed by atoms with van der Waals surface area (Å²) in [5, 5.41) is 20.6. The first-order valence-electron chi connectivity index (χ1n) is 8.88. The number of pyridine rings is 1. The summed E-state index contributed by atoms with van der Waals surface area (Å²) < 4.78 is 0. The molecule has 0 bridgehead atoms. The van der Waals surface area contributed by atoms with Crippen molar-refractivity contribution in [2.75, 3.05) is 37.7 Å². The fourth-order valence-corrected chi connectivity index (χ4v) is 4.00. The van der Waals surface area contributed by atoms with Gasteiger partial charge in [-0.3, -0.25) is 14.8 Å². The van der Waals surface area contributed by atoms with Gasteiger partial charge in [-0.05, 0) is 6.42 Å². The SMILES string of the molecule is N#CC1CN(C2CCN(CCO)C2)C(=O)N1c1cncc2ccccc12. The van der Waals surface area contributed by atoms with Crippen molar-refractivity contribution in [1.29, 1.82) is 5.26 Å². The number of hydrogen-bond donors (Lipinski definition) is 1. The molecule has 2 amide bonds. The highest BCUT2D eigenvalue weighted by molar-refractivity contribution is 6.04. The molecule has 2 atom stereocenters. The number of anilines is 1. The molecule has 0 radical (unpaired) electrons. The number of nitrogens with zero attached hydrogens (tertiary/aromatic N) is 5. The molecule has 2 unspecified atom stereocenters. The van der Waals surface area contributed by atoms with Crippen molar-refractivity contribution >= 4 is 22.5 Å². The van der Waals surface area contributed by atoms with Gasteiger partial charge in [0.05, 0.1) is 31.1 Å². The van der Waals surface area contributed by atoms with E-state index < -0.39 is 6.04 Å². The van der Waals surface area contributed by atoms with E-state index in [0.29, 0.717) is 18.8 Å². The first-order chi connectivity index (χ1) is 12.7. The van der Waals surface area contributed by atoms with Gasteiger partial charge in [0.25, 0.3) is 0 Å². The van der Waals surface area contributed by atoms with Gasteiger partial charge in [0, 0.05) is 42.6 Å². The summed E-state index contributed by atoms with van der Waals surface area (Å²) in [5.74, 6) is 0. The number of nitriles is 1. The Balaban J connectivity index is 1.64. The maximum absolute atomic E-state index is 13.2. The van der Waals surface area contributed by atoms with Crippen molar-refractivity contribution in [3.63, 3.8) is 0 Å². The number of aliphatic hydroxyl groups is 1. The molecule has 2 aliphatic rings. The average molecular weight is 351 g/mol. The van der Waals surface area contributed by atoms with Gasteiger partial charge in [-0.15, -0.1) is 0 Å². The van der Waals surface area contributed by atoms with Crippen LogP contribution in [0.3, 0.4) is 0 Å². The standard InChI is InChI=1S/C19H21N5O2/c20-9-16-13-23(15-5-6-22(12-15)7-8-25)19(26)24(16)18-11-21-10-14-3-1-2-4-17(14)18/h1-4,10-11,15-16,25H,5-8,12-13H2. The number of carbonyl (C=O) groups excluding carboxylic acids is 1. The molecule has 4 rings (SSSR count). The van der Waals surface area contributed by atoms with E-state index in [4.69, 9.17) is 5.11 Å². The number of likely N-dealkylation sites (tertiary alicyclic amines) is 1. The second-order valence-corrected chi connectivity index (χ2v) is 6.80. The Morgan fingerprint density at radius 3 is 2.92 bits per heavy atom.